The number of methoxy groups -OCH3 is 1. The molecule has 0 aliphatic rings. The van der Waals surface area contributed by atoms with Crippen LogP contribution >= 0.6 is 0 Å². The van der Waals surface area contributed by atoms with Crippen molar-refractivity contribution in [1.82, 2.24) is 10.5 Å². The van der Waals surface area contributed by atoms with Gasteiger partial charge in [0.15, 0.2) is 0 Å². The number of carboxylic acids is 1. The molecule has 1 atom stereocenters. The van der Waals surface area contributed by atoms with Gasteiger partial charge in [-0.2, -0.15) is 0 Å². The van der Waals surface area contributed by atoms with Gasteiger partial charge in [-0.1, -0.05) is 17.3 Å². The Morgan fingerprint density at radius 3 is 2.64 bits per heavy atom. The standard InChI is InChI=1S/C18H22N2O5/c1-11-15(12(2)25-20-11)9-16(21)19-18(3,10-17(22)23)13-6-5-7-14(8-13)24-4/h5-8H,9-10H2,1-4H3,(H,19,21)(H,22,23). The fraction of sp³-hybridized carbons (Fsp3) is 0.389. The minimum absolute atomic E-state index is 0.0698. The molecule has 7 heteroatoms. The SMILES string of the molecule is COc1cccc(C(C)(CC(=O)O)NC(=O)Cc2c(C)noc2C)c1. The van der Waals surface area contributed by atoms with Crippen LogP contribution < -0.4 is 10.1 Å². The maximum absolute atomic E-state index is 12.5. The summed E-state index contributed by atoms with van der Waals surface area (Å²) in [6, 6.07) is 7.01. The zero-order valence-electron chi connectivity index (χ0n) is 14.8. The Morgan fingerprint density at radius 2 is 2.08 bits per heavy atom. The summed E-state index contributed by atoms with van der Waals surface area (Å²) in [4.78, 5) is 23.9. The number of benzene rings is 1. The number of hydrogen-bond acceptors (Lipinski definition) is 5. The number of nitrogens with zero attached hydrogens (tertiary/aromatic N) is 1. The van der Waals surface area contributed by atoms with Crippen LogP contribution in [-0.2, 0) is 21.5 Å². The van der Waals surface area contributed by atoms with Crippen LogP contribution in [0.2, 0.25) is 0 Å². The zero-order valence-corrected chi connectivity index (χ0v) is 14.8. The van der Waals surface area contributed by atoms with Crippen molar-refractivity contribution >= 4 is 11.9 Å². The lowest BCUT2D eigenvalue weighted by Crippen LogP contribution is -2.45. The number of hydrogen-bond donors (Lipinski definition) is 2. The normalized spacial score (nSPS) is 13.1. The smallest absolute Gasteiger partial charge is 0.306 e. The minimum Gasteiger partial charge on any atom is -0.497 e. The molecule has 0 fully saturated rings. The molecule has 2 rings (SSSR count). The number of carboxylic acid groups (broad SMARTS) is 1. The summed E-state index contributed by atoms with van der Waals surface area (Å²) < 4.78 is 10.3. The highest BCUT2D eigenvalue weighted by atomic mass is 16.5. The van der Waals surface area contributed by atoms with E-state index in [2.05, 4.69) is 10.5 Å². The number of aromatic nitrogens is 1. The van der Waals surface area contributed by atoms with Crippen LogP contribution in [0, 0.1) is 13.8 Å². The minimum atomic E-state index is -1.07. The van der Waals surface area contributed by atoms with Crippen molar-refractivity contribution in [3.05, 3.63) is 46.8 Å². The fourth-order valence-electron chi connectivity index (χ4n) is 2.75. The predicted octanol–water partition coefficient (Wildman–Crippen LogP) is 2.35. The molecule has 0 saturated carbocycles. The number of amides is 1. The van der Waals surface area contributed by atoms with Crippen LogP contribution in [0.4, 0.5) is 0 Å². The summed E-state index contributed by atoms with van der Waals surface area (Å²) in [5, 5.41) is 16.0. The maximum atomic E-state index is 12.5. The highest BCUT2D eigenvalue weighted by Crippen LogP contribution is 2.28. The molecule has 1 aromatic carbocycles. The molecular formula is C18H22N2O5. The van der Waals surface area contributed by atoms with Gasteiger partial charge in [-0.05, 0) is 38.5 Å². The lowest BCUT2D eigenvalue weighted by molar-refractivity contribution is -0.139. The average molecular weight is 346 g/mol. The van der Waals surface area contributed by atoms with Crippen LogP contribution in [0.3, 0.4) is 0 Å². The van der Waals surface area contributed by atoms with E-state index in [1.165, 1.54) is 7.11 Å². The van der Waals surface area contributed by atoms with Crippen molar-refractivity contribution < 1.29 is 24.0 Å². The molecule has 7 nitrogen and oxygen atoms in total. The van der Waals surface area contributed by atoms with Crippen molar-refractivity contribution in [2.75, 3.05) is 7.11 Å². The molecule has 0 spiro atoms. The third-order valence-electron chi connectivity index (χ3n) is 4.15. The van der Waals surface area contributed by atoms with E-state index in [4.69, 9.17) is 9.26 Å². The molecule has 1 aromatic heterocycles. The number of nitrogens with one attached hydrogen (secondary N) is 1. The van der Waals surface area contributed by atoms with Gasteiger partial charge in [0, 0.05) is 5.56 Å². The Bertz CT molecular complexity index is 764. The fourth-order valence-corrected chi connectivity index (χ4v) is 2.75. The second-order valence-electron chi connectivity index (χ2n) is 6.16. The lowest BCUT2D eigenvalue weighted by Gasteiger charge is -2.30. The molecule has 1 amide bonds. The molecule has 1 unspecified atom stereocenters. The van der Waals surface area contributed by atoms with E-state index in [9.17, 15) is 14.7 Å². The van der Waals surface area contributed by atoms with E-state index in [1.807, 2.05) is 0 Å². The van der Waals surface area contributed by atoms with Crippen molar-refractivity contribution in [3.63, 3.8) is 0 Å². The lowest BCUT2D eigenvalue weighted by atomic mass is 9.88. The second kappa shape index (κ2) is 7.38. The second-order valence-corrected chi connectivity index (χ2v) is 6.16. The molecule has 0 aliphatic carbocycles. The highest BCUT2D eigenvalue weighted by Gasteiger charge is 2.32. The van der Waals surface area contributed by atoms with Gasteiger partial charge in [0.2, 0.25) is 5.91 Å². The van der Waals surface area contributed by atoms with Crippen LogP contribution in [0.25, 0.3) is 0 Å². The number of rotatable bonds is 7. The summed E-state index contributed by atoms with van der Waals surface area (Å²) >= 11 is 0. The van der Waals surface area contributed by atoms with Crippen molar-refractivity contribution in [1.29, 1.82) is 0 Å². The van der Waals surface area contributed by atoms with Gasteiger partial charge >= 0.3 is 5.97 Å². The number of aryl methyl sites for hydroxylation is 2. The molecule has 1 heterocycles. The Hall–Kier alpha value is -2.83. The number of carbonyl (C=O) groups excluding carboxylic acids is 1. The van der Waals surface area contributed by atoms with Gasteiger partial charge in [0.05, 0.1) is 31.2 Å². The summed E-state index contributed by atoms with van der Waals surface area (Å²) in [7, 11) is 1.53. The first-order valence-electron chi connectivity index (χ1n) is 7.84. The van der Waals surface area contributed by atoms with E-state index in [-0.39, 0.29) is 18.7 Å². The Morgan fingerprint density at radius 1 is 1.36 bits per heavy atom. The summed E-state index contributed by atoms with van der Waals surface area (Å²) in [5.41, 5.74) is 0.937. The van der Waals surface area contributed by atoms with Crippen molar-refractivity contribution in [2.45, 2.75) is 39.2 Å². The molecule has 2 N–H and O–H groups in total. The molecule has 134 valence electrons. The first-order valence-corrected chi connectivity index (χ1v) is 7.84. The van der Waals surface area contributed by atoms with Crippen molar-refractivity contribution in [3.8, 4) is 5.75 Å². The zero-order chi connectivity index (χ0) is 18.6. The van der Waals surface area contributed by atoms with Gasteiger partial charge in [-0.25, -0.2) is 0 Å². The van der Waals surface area contributed by atoms with E-state index in [1.54, 1.807) is 45.0 Å². The van der Waals surface area contributed by atoms with Gasteiger partial charge in [0.1, 0.15) is 11.5 Å². The molecule has 25 heavy (non-hydrogen) atoms. The Kier molecular flexibility index (Phi) is 5.46. The van der Waals surface area contributed by atoms with Crippen LogP contribution in [0.15, 0.2) is 28.8 Å². The third kappa shape index (κ3) is 4.37. The number of aliphatic carboxylic acids is 1. The summed E-state index contributed by atoms with van der Waals surface area (Å²) in [6.45, 7) is 5.18. The monoisotopic (exact) mass is 346 g/mol. The first-order chi connectivity index (χ1) is 11.7. The van der Waals surface area contributed by atoms with E-state index in [0.29, 0.717) is 28.3 Å². The van der Waals surface area contributed by atoms with Gasteiger partial charge in [-0.15, -0.1) is 0 Å². The maximum Gasteiger partial charge on any atom is 0.306 e. The third-order valence-corrected chi connectivity index (χ3v) is 4.15. The topological polar surface area (TPSA) is 102 Å². The molecule has 0 bridgehead atoms. The predicted molar refractivity (Wildman–Crippen MR) is 90.4 cm³/mol. The van der Waals surface area contributed by atoms with Crippen LogP contribution in [-0.4, -0.2) is 29.2 Å². The van der Waals surface area contributed by atoms with Gasteiger partial charge in [-0.3, -0.25) is 9.59 Å². The average Bonchev–Trinajstić information content (AvgIpc) is 2.86. The van der Waals surface area contributed by atoms with Gasteiger partial charge < -0.3 is 19.7 Å². The van der Waals surface area contributed by atoms with E-state index < -0.39 is 11.5 Å². The molecule has 0 radical (unpaired) electrons. The van der Waals surface area contributed by atoms with Gasteiger partial charge in [0.25, 0.3) is 0 Å². The Labute approximate surface area is 146 Å². The first kappa shape index (κ1) is 18.5. The van der Waals surface area contributed by atoms with Crippen molar-refractivity contribution in [2.24, 2.45) is 0 Å². The van der Waals surface area contributed by atoms with Crippen LogP contribution in [0.1, 0.15) is 35.9 Å². The quantitative estimate of drug-likeness (QED) is 0.798. The van der Waals surface area contributed by atoms with E-state index >= 15 is 0 Å². The van der Waals surface area contributed by atoms with E-state index in [0.717, 1.165) is 0 Å². The molecular weight excluding hydrogens is 324 g/mol. The summed E-state index contributed by atoms with van der Waals surface area (Å²) in [6.07, 6.45) is -0.187. The molecule has 2 aromatic rings. The summed E-state index contributed by atoms with van der Waals surface area (Å²) in [5.74, 6) is -0.146. The largest absolute Gasteiger partial charge is 0.497 e. The highest BCUT2D eigenvalue weighted by molar-refractivity contribution is 5.81. The molecule has 0 aliphatic heterocycles. The number of carbonyl (C=O) groups is 2. The van der Waals surface area contributed by atoms with Crippen LogP contribution in [0.5, 0.6) is 5.75 Å². The molecule has 0 saturated heterocycles. The number of ether oxygens (including phenoxy) is 1. The Balaban J connectivity index is 2.27.